The van der Waals surface area contributed by atoms with E-state index in [0.29, 0.717) is 18.1 Å². The molecule has 1 aromatic carbocycles. The summed E-state index contributed by atoms with van der Waals surface area (Å²) >= 11 is 0. The lowest BCUT2D eigenvalue weighted by atomic mass is 10.1. The molecule has 0 aliphatic rings. The van der Waals surface area contributed by atoms with Crippen molar-refractivity contribution in [3.8, 4) is 0 Å². The van der Waals surface area contributed by atoms with E-state index in [0.717, 1.165) is 5.56 Å². The van der Waals surface area contributed by atoms with E-state index in [9.17, 15) is 9.90 Å². The van der Waals surface area contributed by atoms with Gasteiger partial charge in [0.25, 0.3) is 0 Å². The smallest absolute Gasteiger partial charge is 0.326 e. The van der Waals surface area contributed by atoms with Crippen LogP contribution in [-0.2, 0) is 11.2 Å². The number of carboxylic acids is 1. The van der Waals surface area contributed by atoms with Crippen LogP contribution in [0.2, 0.25) is 0 Å². The van der Waals surface area contributed by atoms with E-state index in [1.165, 1.54) is 0 Å². The molecule has 0 aliphatic heterocycles. The zero-order chi connectivity index (χ0) is 15.2. The second-order valence-electron chi connectivity index (χ2n) is 5.18. The van der Waals surface area contributed by atoms with Crippen LogP contribution in [-0.4, -0.2) is 27.1 Å². The maximum absolute atomic E-state index is 11.4. The molecule has 1 atom stereocenters. The van der Waals surface area contributed by atoms with Crippen LogP contribution in [0.5, 0.6) is 0 Å². The number of aromatic nitrogens is 2. The Bertz CT molecular complexity index is 599. The predicted octanol–water partition coefficient (Wildman–Crippen LogP) is 2.71. The molecular weight excluding hydrogens is 266 g/mol. The van der Waals surface area contributed by atoms with E-state index in [-0.39, 0.29) is 5.92 Å². The molecule has 0 saturated carbocycles. The molecule has 0 saturated heterocycles. The molecule has 5 nitrogen and oxygen atoms in total. The maximum atomic E-state index is 11.4. The van der Waals surface area contributed by atoms with E-state index < -0.39 is 12.0 Å². The lowest BCUT2D eigenvalue weighted by molar-refractivity contribution is -0.137. The number of nitrogens with one attached hydrogen (secondary N) is 1. The monoisotopic (exact) mass is 285 g/mol. The Kier molecular flexibility index (Phi) is 4.87. The van der Waals surface area contributed by atoms with Gasteiger partial charge in [-0.2, -0.15) is 0 Å². The molecule has 1 aromatic heterocycles. The average molecular weight is 285 g/mol. The van der Waals surface area contributed by atoms with Gasteiger partial charge < -0.3 is 10.4 Å². The third kappa shape index (κ3) is 4.27. The summed E-state index contributed by atoms with van der Waals surface area (Å²) in [4.78, 5) is 19.9. The van der Waals surface area contributed by atoms with E-state index in [2.05, 4.69) is 15.3 Å². The van der Waals surface area contributed by atoms with Crippen LogP contribution in [0.4, 0.5) is 5.82 Å². The molecule has 2 rings (SSSR count). The molecular formula is C16H19N3O2. The number of anilines is 1. The first kappa shape index (κ1) is 15.0. The van der Waals surface area contributed by atoms with Crippen molar-refractivity contribution in [3.63, 3.8) is 0 Å². The quantitative estimate of drug-likeness (QED) is 0.853. The second kappa shape index (κ2) is 6.83. The number of carboxylic acid groups (broad SMARTS) is 1. The zero-order valence-corrected chi connectivity index (χ0v) is 12.2. The molecule has 5 heteroatoms. The van der Waals surface area contributed by atoms with Crippen LogP contribution in [0.15, 0.2) is 42.6 Å². The highest BCUT2D eigenvalue weighted by atomic mass is 16.4. The third-order valence-electron chi connectivity index (χ3n) is 3.09. The predicted molar refractivity (Wildman–Crippen MR) is 81.3 cm³/mol. The molecule has 0 bridgehead atoms. The van der Waals surface area contributed by atoms with Crippen molar-refractivity contribution in [1.29, 1.82) is 0 Å². The fourth-order valence-corrected chi connectivity index (χ4v) is 1.96. The zero-order valence-electron chi connectivity index (χ0n) is 12.2. The molecule has 110 valence electrons. The minimum Gasteiger partial charge on any atom is -0.480 e. The van der Waals surface area contributed by atoms with Crippen LogP contribution in [0.25, 0.3) is 0 Å². The number of benzene rings is 1. The third-order valence-corrected chi connectivity index (χ3v) is 3.09. The summed E-state index contributed by atoms with van der Waals surface area (Å²) in [6.45, 7) is 4.00. The Morgan fingerprint density at radius 2 is 1.95 bits per heavy atom. The number of hydrogen-bond acceptors (Lipinski definition) is 4. The normalized spacial score (nSPS) is 12.1. The molecule has 2 N–H and O–H groups in total. The van der Waals surface area contributed by atoms with Crippen molar-refractivity contribution in [2.24, 2.45) is 0 Å². The van der Waals surface area contributed by atoms with Gasteiger partial charge in [-0.3, -0.25) is 0 Å². The van der Waals surface area contributed by atoms with Crippen LogP contribution in [0.1, 0.15) is 31.2 Å². The Morgan fingerprint density at radius 3 is 2.57 bits per heavy atom. The van der Waals surface area contributed by atoms with Crippen LogP contribution in [0, 0.1) is 0 Å². The van der Waals surface area contributed by atoms with E-state index in [4.69, 9.17) is 0 Å². The molecule has 21 heavy (non-hydrogen) atoms. The van der Waals surface area contributed by atoms with E-state index >= 15 is 0 Å². The van der Waals surface area contributed by atoms with Gasteiger partial charge in [0.1, 0.15) is 17.7 Å². The Morgan fingerprint density at radius 1 is 1.24 bits per heavy atom. The minimum absolute atomic E-state index is 0.198. The number of rotatable bonds is 6. The molecule has 0 radical (unpaired) electrons. The summed E-state index contributed by atoms with van der Waals surface area (Å²) in [6, 6.07) is 10.5. The van der Waals surface area contributed by atoms with Crippen molar-refractivity contribution < 1.29 is 9.90 Å². The lowest BCUT2D eigenvalue weighted by Crippen LogP contribution is -2.32. The van der Waals surface area contributed by atoms with Crippen LogP contribution in [0.3, 0.4) is 0 Å². The molecule has 2 aromatic rings. The van der Waals surface area contributed by atoms with Crippen molar-refractivity contribution in [2.45, 2.75) is 32.2 Å². The first-order valence-corrected chi connectivity index (χ1v) is 6.92. The summed E-state index contributed by atoms with van der Waals surface area (Å²) in [5, 5.41) is 12.3. The van der Waals surface area contributed by atoms with Gasteiger partial charge in [-0.1, -0.05) is 44.2 Å². The highest BCUT2D eigenvalue weighted by Crippen LogP contribution is 2.13. The summed E-state index contributed by atoms with van der Waals surface area (Å²) < 4.78 is 0. The Hall–Kier alpha value is -2.43. The molecule has 0 fully saturated rings. The van der Waals surface area contributed by atoms with Gasteiger partial charge in [0.2, 0.25) is 0 Å². The van der Waals surface area contributed by atoms with Gasteiger partial charge in [0.15, 0.2) is 0 Å². The fraction of sp³-hybridized carbons (Fsp3) is 0.312. The first-order chi connectivity index (χ1) is 10.1. The maximum Gasteiger partial charge on any atom is 0.326 e. The number of carbonyl (C=O) groups is 1. The molecule has 0 aliphatic carbocycles. The molecule has 0 unspecified atom stereocenters. The van der Waals surface area contributed by atoms with Crippen molar-refractivity contribution >= 4 is 11.8 Å². The molecule has 1 heterocycles. The summed E-state index contributed by atoms with van der Waals surface area (Å²) in [5.74, 6) is 0.536. The highest BCUT2D eigenvalue weighted by Gasteiger charge is 2.18. The SMILES string of the molecule is CC(C)c1nccc(N[C@@H](Cc2ccccc2)C(=O)O)n1. The second-order valence-corrected chi connectivity index (χ2v) is 5.18. The number of hydrogen-bond donors (Lipinski definition) is 2. The van der Waals surface area contributed by atoms with Gasteiger partial charge in [-0.15, -0.1) is 0 Å². The Balaban J connectivity index is 2.13. The van der Waals surface area contributed by atoms with Crippen molar-refractivity contribution in [2.75, 3.05) is 5.32 Å². The lowest BCUT2D eigenvalue weighted by Gasteiger charge is -2.16. The van der Waals surface area contributed by atoms with Gasteiger partial charge in [0, 0.05) is 18.5 Å². The Labute approximate surface area is 124 Å². The summed E-state index contributed by atoms with van der Waals surface area (Å²) in [5.41, 5.74) is 0.968. The number of aliphatic carboxylic acids is 1. The highest BCUT2D eigenvalue weighted by molar-refractivity contribution is 5.77. The van der Waals surface area contributed by atoms with E-state index in [1.807, 2.05) is 44.2 Å². The standard InChI is InChI=1S/C16H19N3O2/c1-11(2)15-17-9-8-14(19-15)18-13(16(20)21)10-12-6-4-3-5-7-12/h3-9,11,13H,10H2,1-2H3,(H,20,21)(H,17,18,19)/t13-/m0/s1. The van der Waals surface area contributed by atoms with Crippen LogP contribution < -0.4 is 5.32 Å². The van der Waals surface area contributed by atoms with Gasteiger partial charge >= 0.3 is 5.97 Å². The minimum atomic E-state index is -0.899. The van der Waals surface area contributed by atoms with Gasteiger partial charge in [-0.05, 0) is 11.6 Å². The van der Waals surface area contributed by atoms with E-state index in [1.54, 1.807) is 12.3 Å². The average Bonchev–Trinajstić information content (AvgIpc) is 2.48. The largest absolute Gasteiger partial charge is 0.480 e. The van der Waals surface area contributed by atoms with Crippen molar-refractivity contribution in [1.82, 2.24) is 9.97 Å². The van der Waals surface area contributed by atoms with Crippen molar-refractivity contribution in [3.05, 3.63) is 54.0 Å². The summed E-state index contributed by atoms with van der Waals surface area (Å²) in [6.07, 6.45) is 2.04. The topological polar surface area (TPSA) is 75.1 Å². The number of nitrogens with zero attached hydrogens (tertiary/aromatic N) is 2. The molecule has 0 spiro atoms. The summed E-state index contributed by atoms with van der Waals surface area (Å²) in [7, 11) is 0. The fourth-order valence-electron chi connectivity index (χ4n) is 1.96. The first-order valence-electron chi connectivity index (χ1n) is 6.92. The van der Waals surface area contributed by atoms with Gasteiger partial charge in [-0.25, -0.2) is 14.8 Å². The van der Waals surface area contributed by atoms with Gasteiger partial charge in [0.05, 0.1) is 0 Å². The van der Waals surface area contributed by atoms with Crippen LogP contribution >= 0.6 is 0 Å². The molecule has 0 amide bonds.